The number of carbonyl (C=O) groups excluding carboxylic acids is 1. The van der Waals surface area contributed by atoms with Crippen molar-refractivity contribution in [3.05, 3.63) is 65.1 Å². The van der Waals surface area contributed by atoms with E-state index in [4.69, 9.17) is 0 Å². The van der Waals surface area contributed by atoms with Gasteiger partial charge in [-0.15, -0.1) is 0 Å². The Kier molecular flexibility index (Phi) is 5.71. The summed E-state index contributed by atoms with van der Waals surface area (Å²) in [7, 11) is 0. The summed E-state index contributed by atoms with van der Waals surface area (Å²) in [4.78, 5) is 27.6. The first-order valence-electron chi connectivity index (χ1n) is 10.3. The van der Waals surface area contributed by atoms with Crippen LogP contribution in [0.5, 0.6) is 0 Å². The summed E-state index contributed by atoms with van der Waals surface area (Å²) >= 11 is 0. The Morgan fingerprint density at radius 1 is 1.13 bits per heavy atom. The van der Waals surface area contributed by atoms with Gasteiger partial charge in [-0.25, -0.2) is 8.78 Å². The maximum absolute atomic E-state index is 14.0. The maximum atomic E-state index is 14.0. The fourth-order valence-corrected chi connectivity index (χ4v) is 4.65. The number of pyridine rings is 1. The van der Waals surface area contributed by atoms with Gasteiger partial charge in [0.05, 0.1) is 0 Å². The van der Waals surface area contributed by atoms with Gasteiger partial charge < -0.3 is 15.0 Å². The second-order valence-electron chi connectivity index (χ2n) is 8.02. The predicted octanol–water partition coefficient (Wildman–Crippen LogP) is 4.16. The van der Waals surface area contributed by atoms with Crippen LogP contribution in [0.15, 0.2) is 36.5 Å². The van der Waals surface area contributed by atoms with Crippen molar-refractivity contribution in [1.29, 1.82) is 0 Å². The van der Waals surface area contributed by atoms with Gasteiger partial charge in [0.15, 0.2) is 0 Å². The van der Waals surface area contributed by atoms with E-state index in [2.05, 4.69) is 10.3 Å². The number of benzene rings is 1. The molecule has 31 heavy (non-hydrogen) atoms. The van der Waals surface area contributed by atoms with Gasteiger partial charge in [0.25, 0.3) is 5.91 Å². The molecule has 1 aliphatic carbocycles. The minimum atomic E-state index is -0.951. The largest absolute Gasteiger partial charge is 0.480 e. The van der Waals surface area contributed by atoms with E-state index in [1.54, 1.807) is 10.6 Å². The Bertz CT molecular complexity index is 1150. The lowest BCUT2D eigenvalue weighted by Crippen LogP contribution is -2.37. The molecule has 1 saturated carbocycles. The lowest BCUT2D eigenvalue weighted by Gasteiger charge is -2.29. The van der Waals surface area contributed by atoms with E-state index in [1.807, 2.05) is 6.92 Å². The zero-order chi connectivity index (χ0) is 22.1. The molecule has 0 spiro atoms. The van der Waals surface area contributed by atoms with Crippen molar-refractivity contribution in [3.8, 4) is 0 Å². The van der Waals surface area contributed by atoms with Crippen LogP contribution in [0.4, 0.5) is 8.78 Å². The van der Waals surface area contributed by atoms with Gasteiger partial charge in [0, 0.05) is 34.9 Å². The van der Waals surface area contributed by atoms with Crippen LogP contribution >= 0.6 is 0 Å². The molecule has 1 amide bonds. The van der Waals surface area contributed by atoms with Gasteiger partial charge in [-0.05, 0) is 68.4 Å². The number of hydrogen-bond donors (Lipinski definition) is 2. The van der Waals surface area contributed by atoms with Crippen molar-refractivity contribution in [2.75, 3.05) is 0 Å². The van der Waals surface area contributed by atoms with E-state index in [1.165, 1.54) is 24.4 Å². The quantitative estimate of drug-likeness (QED) is 0.640. The molecule has 1 aliphatic rings. The van der Waals surface area contributed by atoms with Crippen LogP contribution in [0.3, 0.4) is 0 Å². The molecule has 6 nitrogen and oxygen atoms in total. The van der Waals surface area contributed by atoms with Crippen molar-refractivity contribution in [2.24, 2.45) is 0 Å². The van der Waals surface area contributed by atoms with E-state index in [9.17, 15) is 23.5 Å². The summed E-state index contributed by atoms with van der Waals surface area (Å²) in [5.41, 5.74) is 2.57. The minimum Gasteiger partial charge on any atom is -0.480 e. The first kappa shape index (κ1) is 21.0. The molecule has 0 saturated heterocycles. The van der Waals surface area contributed by atoms with Crippen molar-refractivity contribution < 1.29 is 23.5 Å². The molecule has 8 heteroatoms. The molecule has 2 heterocycles. The fourth-order valence-electron chi connectivity index (χ4n) is 4.65. The molecule has 4 rings (SSSR count). The number of halogens is 2. The van der Waals surface area contributed by atoms with Crippen LogP contribution in [0.2, 0.25) is 0 Å². The Balaban J connectivity index is 1.52. The second kappa shape index (κ2) is 8.45. The Morgan fingerprint density at radius 3 is 2.52 bits per heavy atom. The number of hydrogen-bond acceptors (Lipinski definition) is 3. The number of carboxylic acids is 1. The fraction of sp³-hybridized carbons (Fsp3) is 0.348. The number of fused-ring (bicyclic) bond motifs is 1. The molecule has 0 radical (unpaired) electrons. The SMILES string of the molecule is Cc1c(C2CCC(NC(=O)c3cc(F)ccn3)CC2)c2cc(F)ccc2n1CC(=O)O. The highest BCUT2D eigenvalue weighted by Gasteiger charge is 2.28. The van der Waals surface area contributed by atoms with E-state index >= 15 is 0 Å². The van der Waals surface area contributed by atoms with Gasteiger partial charge in [0.1, 0.15) is 23.9 Å². The van der Waals surface area contributed by atoms with Crippen LogP contribution in [0, 0.1) is 18.6 Å². The highest BCUT2D eigenvalue weighted by Crippen LogP contribution is 2.40. The minimum absolute atomic E-state index is 0.0465. The Labute approximate surface area is 177 Å². The topological polar surface area (TPSA) is 84.2 Å². The molecule has 2 aromatic heterocycles. The number of carbonyl (C=O) groups is 2. The lowest BCUT2D eigenvalue weighted by molar-refractivity contribution is -0.137. The number of amides is 1. The lowest BCUT2D eigenvalue weighted by atomic mass is 9.80. The number of rotatable bonds is 5. The first-order valence-corrected chi connectivity index (χ1v) is 10.3. The monoisotopic (exact) mass is 427 g/mol. The molecule has 2 N–H and O–H groups in total. The summed E-state index contributed by atoms with van der Waals surface area (Å²) in [5.74, 6) is -2.08. The Hall–Kier alpha value is -3.29. The van der Waals surface area contributed by atoms with Crippen molar-refractivity contribution in [3.63, 3.8) is 0 Å². The highest BCUT2D eigenvalue weighted by atomic mass is 19.1. The first-order chi connectivity index (χ1) is 14.8. The van der Waals surface area contributed by atoms with Crippen LogP contribution in [0.1, 0.15) is 53.3 Å². The summed E-state index contributed by atoms with van der Waals surface area (Å²) < 4.78 is 29.0. The van der Waals surface area contributed by atoms with Crippen molar-refractivity contribution >= 4 is 22.8 Å². The van der Waals surface area contributed by atoms with E-state index in [0.29, 0.717) is 18.4 Å². The molecule has 0 unspecified atom stereocenters. The third kappa shape index (κ3) is 4.28. The summed E-state index contributed by atoms with van der Waals surface area (Å²) in [6.07, 6.45) is 4.23. The van der Waals surface area contributed by atoms with Gasteiger partial charge in [-0.1, -0.05) is 0 Å². The third-order valence-electron chi connectivity index (χ3n) is 6.05. The number of aliphatic carboxylic acids is 1. The van der Waals surface area contributed by atoms with Crippen molar-refractivity contribution in [1.82, 2.24) is 14.9 Å². The third-order valence-corrected chi connectivity index (χ3v) is 6.05. The maximum Gasteiger partial charge on any atom is 0.323 e. The normalized spacial score (nSPS) is 18.8. The summed E-state index contributed by atoms with van der Waals surface area (Å²) in [5, 5.41) is 13.0. The van der Waals surface area contributed by atoms with Gasteiger partial charge >= 0.3 is 5.97 Å². The van der Waals surface area contributed by atoms with E-state index in [-0.39, 0.29) is 30.0 Å². The van der Waals surface area contributed by atoms with E-state index < -0.39 is 17.7 Å². The molecule has 0 aliphatic heterocycles. The summed E-state index contributed by atoms with van der Waals surface area (Å²) in [6, 6.07) is 6.68. The molecule has 162 valence electrons. The van der Waals surface area contributed by atoms with Crippen molar-refractivity contribution in [2.45, 2.75) is 51.1 Å². The highest BCUT2D eigenvalue weighted by molar-refractivity contribution is 5.92. The van der Waals surface area contributed by atoms with Gasteiger partial charge in [-0.2, -0.15) is 0 Å². The number of carboxylic acid groups (broad SMARTS) is 1. The van der Waals surface area contributed by atoms with Crippen LogP contribution in [-0.2, 0) is 11.3 Å². The molecular weight excluding hydrogens is 404 g/mol. The summed E-state index contributed by atoms with van der Waals surface area (Å²) in [6.45, 7) is 1.69. The van der Waals surface area contributed by atoms with Gasteiger partial charge in [-0.3, -0.25) is 14.6 Å². The predicted molar refractivity (Wildman–Crippen MR) is 111 cm³/mol. The van der Waals surface area contributed by atoms with Crippen LogP contribution in [0.25, 0.3) is 10.9 Å². The van der Waals surface area contributed by atoms with E-state index in [0.717, 1.165) is 35.6 Å². The molecule has 1 aromatic carbocycles. The number of nitrogens with one attached hydrogen (secondary N) is 1. The average Bonchev–Trinajstić information content (AvgIpc) is 2.99. The van der Waals surface area contributed by atoms with Crippen LogP contribution < -0.4 is 5.32 Å². The standard InChI is InChI=1S/C23H23F2N3O3/c1-13-22(18-10-15(24)4-7-20(18)28(13)12-21(29)30)14-2-5-17(6-3-14)27-23(31)19-11-16(25)8-9-26-19/h4,7-11,14,17H,2-3,5-6,12H2,1H3,(H,27,31)(H,29,30). The number of nitrogens with zero attached hydrogens (tertiary/aromatic N) is 2. The zero-order valence-electron chi connectivity index (χ0n) is 17.1. The Morgan fingerprint density at radius 2 is 1.84 bits per heavy atom. The molecule has 0 bridgehead atoms. The van der Waals surface area contributed by atoms with Crippen LogP contribution in [-0.4, -0.2) is 32.6 Å². The second-order valence-corrected chi connectivity index (χ2v) is 8.02. The van der Waals surface area contributed by atoms with Gasteiger partial charge in [0.2, 0.25) is 0 Å². The molecule has 1 fully saturated rings. The number of aromatic nitrogens is 2. The molecule has 3 aromatic rings. The smallest absolute Gasteiger partial charge is 0.323 e. The molecular formula is C23H23F2N3O3. The average molecular weight is 427 g/mol. The molecule has 0 atom stereocenters. The zero-order valence-corrected chi connectivity index (χ0v) is 17.1.